The Hall–Kier alpha value is -2.21. The molecule has 0 saturated carbocycles. The quantitative estimate of drug-likeness (QED) is 0.683. The van der Waals surface area contributed by atoms with Gasteiger partial charge in [0.2, 0.25) is 5.76 Å². The lowest BCUT2D eigenvalue weighted by atomic mass is 10.1. The molecule has 0 fully saturated rings. The summed E-state index contributed by atoms with van der Waals surface area (Å²) in [6, 6.07) is 7.68. The minimum Gasteiger partial charge on any atom is -0.496 e. The van der Waals surface area contributed by atoms with Crippen LogP contribution < -0.4 is 4.74 Å². The molecule has 1 aliphatic heterocycles. The standard InChI is InChI=1S/C18H25NO5/c1-14-17(24-12-11-23-14)18(20)19(9-6-10-21-2)13-15-7-4-5-8-16(15)22-3/h4-5,7-8H,6,9-13H2,1-3H3. The first-order valence-corrected chi connectivity index (χ1v) is 8.04. The van der Waals surface area contributed by atoms with Crippen molar-refractivity contribution >= 4 is 5.91 Å². The molecule has 6 nitrogen and oxygen atoms in total. The van der Waals surface area contributed by atoms with Gasteiger partial charge in [0.15, 0.2) is 0 Å². The number of benzene rings is 1. The molecular weight excluding hydrogens is 310 g/mol. The Morgan fingerprint density at radius 1 is 1.21 bits per heavy atom. The maximum atomic E-state index is 12.9. The summed E-state index contributed by atoms with van der Waals surface area (Å²) in [5, 5.41) is 0. The van der Waals surface area contributed by atoms with E-state index in [2.05, 4.69) is 0 Å². The van der Waals surface area contributed by atoms with E-state index in [1.807, 2.05) is 24.3 Å². The van der Waals surface area contributed by atoms with Crippen molar-refractivity contribution in [3.63, 3.8) is 0 Å². The van der Waals surface area contributed by atoms with Crippen LogP contribution in [0.3, 0.4) is 0 Å². The van der Waals surface area contributed by atoms with Crippen LogP contribution in [0, 0.1) is 0 Å². The Kier molecular flexibility index (Phi) is 6.93. The van der Waals surface area contributed by atoms with E-state index in [4.69, 9.17) is 18.9 Å². The van der Waals surface area contributed by atoms with Crippen LogP contribution in [0.4, 0.5) is 0 Å². The number of nitrogens with zero attached hydrogens (tertiary/aromatic N) is 1. The summed E-state index contributed by atoms with van der Waals surface area (Å²) in [6.45, 7) is 4.20. The Labute approximate surface area is 142 Å². The minimum atomic E-state index is -0.172. The van der Waals surface area contributed by atoms with Crippen molar-refractivity contribution < 1.29 is 23.7 Å². The van der Waals surface area contributed by atoms with Crippen molar-refractivity contribution in [3.8, 4) is 5.75 Å². The van der Waals surface area contributed by atoms with E-state index in [-0.39, 0.29) is 11.7 Å². The SMILES string of the molecule is COCCCN(Cc1ccccc1OC)C(=O)C1=C(C)OCCO1. The second-order valence-electron chi connectivity index (χ2n) is 5.47. The summed E-state index contributed by atoms with van der Waals surface area (Å²) < 4.78 is 21.5. The monoisotopic (exact) mass is 335 g/mol. The van der Waals surface area contributed by atoms with Gasteiger partial charge in [0.25, 0.3) is 5.91 Å². The first-order chi connectivity index (χ1) is 11.7. The average molecular weight is 335 g/mol. The van der Waals surface area contributed by atoms with Gasteiger partial charge >= 0.3 is 0 Å². The summed E-state index contributed by atoms with van der Waals surface area (Å²) in [5.74, 6) is 1.40. The molecule has 0 radical (unpaired) electrons. The van der Waals surface area contributed by atoms with E-state index in [0.29, 0.717) is 38.7 Å². The average Bonchev–Trinajstić information content (AvgIpc) is 2.61. The fourth-order valence-electron chi connectivity index (χ4n) is 2.55. The largest absolute Gasteiger partial charge is 0.496 e. The topological polar surface area (TPSA) is 57.2 Å². The molecule has 0 saturated heterocycles. The van der Waals surface area contributed by atoms with Gasteiger partial charge in [-0.2, -0.15) is 0 Å². The predicted molar refractivity (Wildman–Crippen MR) is 89.5 cm³/mol. The number of ether oxygens (including phenoxy) is 4. The van der Waals surface area contributed by atoms with Crippen LogP contribution in [0.25, 0.3) is 0 Å². The molecule has 0 N–H and O–H groups in total. The highest BCUT2D eigenvalue weighted by Crippen LogP contribution is 2.22. The molecular formula is C18H25NO5. The van der Waals surface area contributed by atoms with E-state index in [1.165, 1.54) is 0 Å². The molecule has 0 atom stereocenters. The number of hydrogen-bond acceptors (Lipinski definition) is 5. The maximum absolute atomic E-state index is 12.9. The van der Waals surface area contributed by atoms with Gasteiger partial charge in [0.05, 0.1) is 7.11 Å². The molecule has 2 rings (SSSR count). The van der Waals surface area contributed by atoms with Crippen molar-refractivity contribution in [1.29, 1.82) is 0 Å². The number of methoxy groups -OCH3 is 2. The van der Waals surface area contributed by atoms with Crippen LogP contribution >= 0.6 is 0 Å². The van der Waals surface area contributed by atoms with Gasteiger partial charge in [-0.05, 0) is 19.4 Å². The van der Waals surface area contributed by atoms with Crippen molar-refractivity contribution in [3.05, 3.63) is 41.3 Å². The van der Waals surface area contributed by atoms with Crippen LogP contribution in [0.1, 0.15) is 18.9 Å². The summed E-state index contributed by atoms with van der Waals surface area (Å²) in [6.07, 6.45) is 0.741. The van der Waals surface area contributed by atoms with Gasteiger partial charge in [-0.1, -0.05) is 18.2 Å². The summed E-state index contributed by atoms with van der Waals surface area (Å²) in [5.41, 5.74) is 0.945. The first kappa shape index (κ1) is 18.1. The van der Waals surface area contributed by atoms with Gasteiger partial charge in [-0.15, -0.1) is 0 Å². The minimum absolute atomic E-state index is 0.172. The second-order valence-corrected chi connectivity index (χ2v) is 5.47. The van der Waals surface area contributed by atoms with Gasteiger partial charge in [0, 0.05) is 32.4 Å². The number of amides is 1. The number of allylic oxidation sites excluding steroid dienone is 1. The summed E-state index contributed by atoms with van der Waals surface area (Å²) >= 11 is 0. The Morgan fingerprint density at radius 2 is 1.96 bits per heavy atom. The van der Waals surface area contributed by atoms with Crippen LogP contribution in [0.5, 0.6) is 5.75 Å². The molecule has 0 spiro atoms. The van der Waals surface area contributed by atoms with E-state index in [9.17, 15) is 4.79 Å². The van der Waals surface area contributed by atoms with Crippen LogP contribution in [0.15, 0.2) is 35.8 Å². The smallest absolute Gasteiger partial charge is 0.292 e. The lowest BCUT2D eigenvalue weighted by Gasteiger charge is -2.27. The van der Waals surface area contributed by atoms with Crippen molar-refractivity contribution in [1.82, 2.24) is 4.90 Å². The third-order valence-electron chi connectivity index (χ3n) is 3.78. The number of hydrogen-bond donors (Lipinski definition) is 0. The third kappa shape index (κ3) is 4.64. The lowest BCUT2D eigenvalue weighted by Crippen LogP contribution is -2.36. The molecule has 1 heterocycles. The van der Waals surface area contributed by atoms with Crippen LogP contribution in [0.2, 0.25) is 0 Å². The van der Waals surface area contributed by atoms with Crippen LogP contribution in [-0.2, 0) is 25.5 Å². The van der Waals surface area contributed by atoms with E-state index in [1.54, 1.807) is 26.0 Å². The maximum Gasteiger partial charge on any atom is 0.292 e. The zero-order valence-corrected chi connectivity index (χ0v) is 14.5. The number of carbonyl (C=O) groups excluding carboxylic acids is 1. The molecule has 0 bridgehead atoms. The van der Waals surface area contributed by atoms with E-state index < -0.39 is 0 Å². The van der Waals surface area contributed by atoms with Gasteiger partial charge < -0.3 is 23.8 Å². The molecule has 1 amide bonds. The molecule has 0 unspecified atom stereocenters. The summed E-state index contributed by atoms with van der Waals surface area (Å²) in [7, 11) is 3.28. The number of para-hydroxylation sites is 1. The highest BCUT2D eigenvalue weighted by Gasteiger charge is 2.25. The molecule has 0 aliphatic carbocycles. The van der Waals surface area contributed by atoms with Crippen molar-refractivity contribution in [2.24, 2.45) is 0 Å². The lowest BCUT2D eigenvalue weighted by molar-refractivity contribution is -0.133. The third-order valence-corrected chi connectivity index (χ3v) is 3.78. The fraction of sp³-hybridized carbons (Fsp3) is 0.500. The molecule has 1 aromatic carbocycles. The van der Waals surface area contributed by atoms with Crippen molar-refractivity contribution in [2.75, 3.05) is 40.6 Å². The molecule has 6 heteroatoms. The molecule has 0 aromatic heterocycles. The molecule has 24 heavy (non-hydrogen) atoms. The zero-order valence-electron chi connectivity index (χ0n) is 14.5. The highest BCUT2D eigenvalue weighted by molar-refractivity contribution is 5.92. The number of rotatable bonds is 8. The van der Waals surface area contributed by atoms with Gasteiger partial charge in [-0.3, -0.25) is 4.79 Å². The molecule has 132 valence electrons. The van der Waals surface area contributed by atoms with E-state index in [0.717, 1.165) is 17.7 Å². The molecule has 1 aliphatic rings. The Balaban J connectivity index is 2.19. The predicted octanol–water partition coefficient (Wildman–Crippen LogP) is 2.34. The van der Waals surface area contributed by atoms with Crippen LogP contribution in [-0.4, -0.2) is 51.4 Å². The zero-order chi connectivity index (χ0) is 17.4. The Morgan fingerprint density at radius 3 is 2.67 bits per heavy atom. The summed E-state index contributed by atoms with van der Waals surface area (Å²) in [4.78, 5) is 14.6. The van der Waals surface area contributed by atoms with E-state index >= 15 is 0 Å². The van der Waals surface area contributed by atoms with Crippen molar-refractivity contribution in [2.45, 2.75) is 19.9 Å². The Bertz CT molecular complexity index is 585. The van der Waals surface area contributed by atoms with Gasteiger partial charge in [-0.25, -0.2) is 0 Å². The normalized spacial score (nSPS) is 14.0. The molecule has 1 aromatic rings. The first-order valence-electron chi connectivity index (χ1n) is 8.04. The second kappa shape index (κ2) is 9.17. The van der Waals surface area contributed by atoms with Gasteiger partial charge in [0.1, 0.15) is 24.7 Å². The fourth-order valence-corrected chi connectivity index (χ4v) is 2.55. The highest BCUT2D eigenvalue weighted by atomic mass is 16.6. The number of carbonyl (C=O) groups is 1.